The summed E-state index contributed by atoms with van der Waals surface area (Å²) in [4.78, 5) is 11.6. The molecule has 1 aromatic carbocycles. The molecule has 0 heterocycles. The van der Waals surface area contributed by atoms with Crippen LogP contribution in [-0.4, -0.2) is 48.0 Å². The maximum Gasteiger partial charge on any atom is 0.326 e. The number of benzene rings is 1. The number of carbonyl (C=O) groups excluding carboxylic acids is 1. The molecule has 0 aliphatic rings. The van der Waals surface area contributed by atoms with Crippen LogP contribution < -0.4 is 13.8 Å². The van der Waals surface area contributed by atoms with E-state index >= 15 is 0 Å². The Morgan fingerprint density at radius 3 is 2.38 bits per heavy atom. The van der Waals surface area contributed by atoms with E-state index in [9.17, 15) is 13.2 Å². The molecule has 0 fully saturated rings. The van der Waals surface area contributed by atoms with Gasteiger partial charge in [-0.2, -0.15) is 0 Å². The zero-order chi connectivity index (χ0) is 16.0. The van der Waals surface area contributed by atoms with Gasteiger partial charge in [-0.15, -0.1) is 0 Å². The summed E-state index contributed by atoms with van der Waals surface area (Å²) in [7, 11) is -0.778. The largest absolute Gasteiger partial charge is 0.497 e. The van der Waals surface area contributed by atoms with Crippen molar-refractivity contribution < 1.29 is 27.4 Å². The van der Waals surface area contributed by atoms with Crippen molar-refractivity contribution in [3.05, 3.63) is 18.2 Å². The minimum absolute atomic E-state index is 0.177. The Morgan fingerprint density at radius 2 is 1.90 bits per heavy atom. The molecule has 0 aromatic heterocycles. The number of anilines is 1. The Bertz CT molecular complexity index is 599. The van der Waals surface area contributed by atoms with E-state index in [1.165, 1.54) is 20.3 Å². The first kappa shape index (κ1) is 17.1. The fraction of sp³-hybridized carbons (Fsp3) is 0.462. The first-order valence-electron chi connectivity index (χ1n) is 6.18. The number of rotatable bonds is 7. The summed E-state index contributed by atoms with van der Waals surface area (Å²) in [5.41, 5.74) is 0.244. The Morgan fingerprint density at radius 1 is 1.24 bits per heavy atom. The predicted octanol–water partition coefficient (Wildman–Crippen LogP) is 1.03. The van der Waals surface area contributed by atoms with Crippen LogP contribution in [0.25, 0.3) is 0 Å². The zero-order valence-electron chi connectivity index (χ0n) is 12.5. The van der Waals surface area contributed by atoms with Crippen molar-refractivity contribution in [2.45, 2.75) is 6.92 Å². The third-order valence-corrected chi connectivity index (χ3v) is 3.76. The van der Waals surface area contributed by atoms with E-state index in [-0.39, 0.29) is 18.0 Å². The van der Waals surface area contributed by atoms with Gasteiger partial charge in [0.15, 0.2) is 0 Å². The molecule has 0 unspecified atom stereocenters. The highest BCUT2D eigenvalue weighted by Gasteiger charge is 2.24. The topological polar surface area (TPSA) is 82.1 Å². The van der Waals surface area contributed by atoms with Gasteiger partial charge in [-0.25, -0.2) is 8.42 Å². The molecular weight excluding hydrogens is 298 g/mol. The Balaban J connectivity index is 3.24. The van der Waals surface area contributed by atoms with Crippen LogP contribution in [-0.2, 0) is 19.6 Å². The van der Waals surface area contributed by atoms with Gasteiger partial charge in [-0.1, -0.05) is 0 Å². The smallest absolute Gasteiger partial charge is 0.326 e. The molecule has 0 radical (unpaired) electrons. The van der Waals surface area contributed by atoms with Gasteiger partial charge in [0.2, 0.25) is 10.0 Å². The number of nitrogens with zero attached hydrogens (tertiary/aromatic N) is 1. The summed E-state index contributed by atoms with van der Waals surface area (Å²) in [5.74, 6) is 0.157. The van der Waals surface area contributed by atoms with E-state index in [0.29, 0.717) is 5.75 Å². The molecular formula is C13H19NO6S. The molecule has 118 valence electrons. The lowest BCUT2D eigenvalue weighted by atomic mass is 10.2. The molecule has 1 aromatic rings. The van der Waals surface area contributed by atoms with Crippen LogP contribution in [0.3, 0.4) is 0 Å². The zero-order valence-corrected chi connectivity index (χ0v) is 13.3. The van der Waals surface area contributed by atoms with Gasteiger partial charge >= 0.3 is 5.97 Å². The summed E-state index contributed by atoms with van der Waals surface area (Å²) < 4.78 is 39.8. The third-order valence-electron chi connectivity index (χ3n) is 2.63. The van der Waals surface area contributed by atoms with Crippen LogP contribution in [0, 0.1) is 0 Å². The number of carbonyl (C=O) groups is 1. The predicted molar refractivity (Wildman–Crippen MR) is 78.4 cm³/mol. The average molecular weight is 317 g/mol. The van der Waals surface area contributed by atoms with Gasteiger partial charge < -0.3 is 14.2 Å². The highest BCUT2D eigenvalue weighted by Crippen LogP contribution is 2.33. The molecule has 0 bridgehead atoms. The van der Waals surface area contributed by atoms with E-state index in [1.54, 1.807) is 19.1 Å². The molecule has 7 nitrogen and oxygen atoms in total. The second kappa shape index (κ2) is 7.16. The van der Waals surface area contributed by atoms with Crippen molar-refractivity contribution in [2.24, 2.45) is 0 Å². The summed E-state index contributed by atoms with van der Waals surface area (Å²) in [6.45, 7) is 1.40. The fourth-order valence-corrected chi connectivity index (χ4v) is 2.54. The van der Waals surface area contributed by atoms with Gasteiger partial charge in [0, 0.05) is 6.07 Å². The van der Waals surface area contributed by atoms with Gasteiger partial charge in [-0.05, 0) is 19.1 Å². The lowest BCUT2D eigenvalue weighted by Gasteiger charge is -2.23. The normalized spacial score (nSPS) is 10.9. The molecule has 8 heteroatoms. The van der Waals surface area contributed by atoms with E-state index in [1.807, 2.05) is 0 Å². The Labute approximate surface area is 124 Å². The molecule has 0 saturated carbocycles. The number of hydrogen-bond acceptors (Lipinski definition) is 6. The summed E-state index contributed by atoms with van der Waals surface area (Å²) in [6, 6.07) is 4.64. The number of esters is 1. The first-order chi connectivity index (χ1) is 9.83. The van der Waals surface area contributed by atoms with E-state index in [0.717, 1.165) is 10.6 Å². The van der Waals surface area contributed by atoms with Crippen LogP contribution in [0.1, 0.15) is 6.92 Å². The molecule has 0 aliphatic carbocycles. The minimum atomic E-state index is -3.67. The van der Waals surface area contributed by atoms with Crippen molar-refractivity contribution >= 4 is 21.7 Å². The van der Waals surface area contributed by atoms with Crippen LogP contribution in [0.5, 0.6) is 11.5 Å². The standard InChI is InChI=1S/C13H19NO6S/c1-5-20-13(15)9-14(21(4,16)17)11-7-6-10(18-2)8-12(11)19-3/h6-8H,5,9H2,1-4H3. The van der Waals surface area contributed by atoms with Crippen molar-refractivity contribution in [3.8, 4) is 11.5 Å². The summed E-state index contributed by atoms with van der Waals surface area (Å²) in [6.07, 6.45) is 1.01. The number of hydrogen-bond donors (Lipinski definition) is 0. The molecule has 1 rings (SSSR count). The van der Waals surface area contributed by atoms with Gasteiger partial charge in [0.05, 0.1) is 32.8 Å². The maximum absolute atomic E-state index is 11.9. The molecule has 0 saturated heterocycles. The summed E-state index contributed by atoms with van der Waals surface area (Å²) in [5, 5.41) is 0. The molecule has 0 N–H and O–H groups in total. The minimum Gasteiger partial charge on any atom is -0.497 e. The van der Waals surface area contributed by atoms with Crippen LogP contribution in [0.4, 0.5) is 5.69 Å². The molecule has 0 aliphatic heterocycles. The molecule has 0 amide bonds. The lowest BCUT2D eigenvalue weighted by Crippen LogP contribution is -2.36. The van der Waals surface area contributed by atoms with Crippen LogP contribution in [0.2, 0.25) is 0 Å². The quantitative estimate of drug-likeness (QED) is 0.699. The van der Waals surface area contributed by atoms with Crippen molar-refractivity contribution in [1.29, 1.82) is 0 Å². The van der Waals surface area contributed by atoms with Gasteiger partial charge in [0.1, 0.15) is 18.0 Å². The van der Waals surface area contributed by atoms with Gasteiger partial charge in [0.25, 0.3) is 0 Å². The molecule has 21 heavy (non-hydrogen) atoms. The number of methoxy groups -OCH3 is 2. The average Bonchev–Trinajstić information content (AvgIpc) is 2.43. The SMILES string of the molecule is CCOC(=O)CN(c1ccc(OC)cc1OC)S(C)(=O)=O. The van der Waals surface area contributed by atoms with E-state index < -0.39 is 22.5 Å². The maximum atomic E-state index is 11.9. The fourth-order valence-electron chi connectivity index (χ4n) is 1.70. The van der Waals surface area contributed by atoms with Crippen LogP contribution in [0.15, 0.2) is 18.2 Å². The molecule has 0 spiro atoms. The van der Waals surface area contributed by atoms with E-state index in [2.05, 4.69) is 0 Å². The second-order valence-corrected chi connectivity index (χ2v) is 6.02. The highest BCUT2D eigenvalue weighted by atomic mass is 32.2. The third kappa shape index (κ3) is 4.52. The molecule has 0 atom stereocenters. The van der Waals surface area contributed by atoms with Crippen molar-refractivity contribution in [1.82, 2.24) is 0 Å². The lowest BCUT2D eigenvalue weighted by molar-refractivity contribution is -0.141. The Hall–Kier alpha value is -1.96. The monoisotopic (exact) mass is 317 g/mol. The van der Waals surface area contributed by atoms with Crippen molar-refractivity contribution in [3.63, 3.8) is 0 Å². The second-order valence-electron chi connectivity index (χ2n) is 4.11. The summed E-state index contributed by atoms with van der Waals surface area (Å²) >= 11 is 0. The Kier molecular flexibility index (Phi) is 5.83. The van der Waals surface area contributed by atoms with Crippen molar-refractivity contribution in [2.75, 3.05) is 37.9 Å². The van der Waals surface area contributed by atoms with Gasteiger partial charge in [-0.3, -0.25) is 9.10 Å². The first-order valence-corrected chi connectivity index (χ1v) is 8.03. The highest BCUT2D eigenvalue weighted by molar-refractivity contribution is 7.92. The van der Waals surface area contributed by atoms with E-state index in [4.69, 9.17) is 14.2 Å². The van der Waals surface area contributed by atoms with Crippen LogP contribution >= 0.6 is 0 Å². The number of sulfonamides is 1. The number of ether oxygens (including phenoxy) is 3.